The van der Waals surface area contributed by atoms with Crippen molar-refractivity contribution in [3.8, 4) is 5.75 Å². The maximum atomic E-state index is 5.81. The molecule has 1 aromatic rings. The van der Waals surface area contributed by atoms with Gasteiger partial charge in [-0.2, -0.15) is 0 Å². The van der Waals surface area contributed by atoms with Gasteiger partial charge in [-0.15, -0.1) is 12.4 Å². The molecular weight excluding hydrogens is 272 g/mol. The van der Waals surface area contributed by atoms with Crippen molar-refractivity contribution in [3.05, 3.63) is 29.8 Å². The van der Waals surface area contributed by atoms with E-state index in [0.717, 1.165) is 31.4 Å². The normalized spacial score (nSPS) is 16.7. The van der Waals surface area contributed by atoms with Gasteiger partial charge >= 0.3 is 0 Å². The van der Waals surface area contributed by atoms with Crippen LogP contribution in [0.3, 0.4) is 0 Å². The van der Waals surface area contributed by atoms with E-state index in [4.69, 9.17) is 4.74 Å². The molecule has 0 aromatic heterocycles. The molecule has 1 aromatic carbocycles. The average Bonchev–Trinajstić information content (AvgIpc) is 2.41. The molecule has 1 saturated heterocycles. The predicted molar refractivity (Wildman–Crippen MR) is 87.0 cm³/mol. The zero-order chi connectivity index (χ0) is 13.5. The van der Waals surface area contributed by atoms with Gasteiger partial charge in [0.15, 0.2) is 0 Å². The van der Waals surface area contributed by atoms with Crippen molar-refractivity contribution >= 4 is 12.4 Å². The average molecular weight is 299 g/mol. The van der Waals surface area contributed by atoms with Crippen LogP contribution < -0.4 is 10.1 Å². The first-order valence-corrected chi connectivity index (χ1v) is 7.34. The van der Waals surface area contributed by atoms with Gasteiger partial charge in [-0.05, 0) is 70.1 Å². The highest BCUT2D eigenvalue weighted by molar-refractivity contribution is 5.85. The van der Waals surface area contributed by atoms with E-state index in [1.165, 1.54) is 31.5 Å². The Kier molecular flexibility index (Phi) is 7.97. The standard InChI is InChI=1S/C16H26N2O.ClH/c1-14-4-3-5-16(12-14)19-11-10-18-8-6-15(7-9-18)13-17-2;/h3-5,12,15,17H,6-11,13H2,1-2H3;1H. The number of piperidine rings is 1. The van der Waals surface area contributed by atoms with Crippen LogP contribution in [0, 0.1) is 12.8 Å². The molecule has 1 aliphatic heterocycles. The second kappa shape index (κ2) is 9.22. The van der Waals surface area contributed by atoms with Crippen LogP contribution in [0.2, 0.25) is 0 Å². The molecule has 0 unspecified atom stereocenters. The number of hydrogen-bond donors (Lipinski definition) is 1. The number of nitrogens with one attached hydrogen (secondary N) is 1. The highest BCUT2D eigenvalue weighted by atomic mass is 35.5. The molecule has 2 rings (SSSR count). The Morgan fingerprint density at radius 3 is 2.70 bits per heavy atom. The molecule has 1 aliphatic rings. The number of halogens is 1. The molecule has 0 bridgehead atoms. The van der Waals surface area contributed by atoms with Crippen LogP contribution >= 0.6 is 12.4 Å². The summed E-state index contributed by atoms with van der Waals surface area (Å²) in [6, 6.07) is 8.28. The van der Waals surface area contributed by atoms with Crippen LogP contribution in [0.1, 0.15) is 18.4 Å². The number of rotatable bonds is 6. The Bertz CT molecular complexity index is 378. The van der Waals surface area contributed by atoms with Gasteiger partial charge in [0.05, 0.1) is 0 Å². The lowest BCUT2D eigenvalue weighted by Crippen LogP contribution is -2.38. The minimum Gasteiger partial charge on any atom is -0.492 e. The first kappa shape index (κ1) is 17.3. The number of ether oxygens (including phenoxy) is 1. The Hall–Kier alpha value is -0.770. The molecule has 0 radical (unpaired) electrons. The van der Waals surface area contributed by atoms with Gasteiger partial charge in [0, 0.05) is 6.54 Å². The van der Waals surface area contributed by atoms with E-state index in [9.17, 15) is 0 Å². The molecular formula is C16H27ClN2O. The van der Waals surface area contributed by atoms with Crippen LogP contribution in [-0.4, -0.2) is 44.7 Å². The Balaban J connectivity index is 0.00000200. The third-order valence-electron chi connectivity index (χ3n) is 3.87. The SMILES string of the molecule is CNCC1CCN(CCOc2cccc(C)c2)CC1.Cl. The molecule has 3 nitrogen and oxygen atoms in total. The van der Waals surface area contributed by atoms with Crippen molar-refractivity contribution in [2.24, 2.45) is 5.92 Å². The first-order chi connectivity index (χ1) is 9.28. The van der Waals surface area contributed by atoms with E-state index in [-0.39, 0.29) is 12.4 Å². The first-order valence-electron chi connectivity index (χ1n) is 7.34. The van der Waals surface area contributed by atoms with E-state index < -0.39 is 0 Å². The van der Waals surface area contributed by atoms with Gasteiger partial charge in [-0.3, -0.25) is 4.90 Å². The fourth-order valence-electron chi connectivity index (χ4n) is 2.70. The van der Waals surface area contributed by atoms with Crippen molar-refractivity contribution in [1.82, 2.24) is 10.2 Å². The zero-order valence-electron chi connectivity index (χ0n) is 12.6. The number of hydrogen-bond acceptors (Lipinski definition) is 3. The van der Waals surface area contributed by atoms with Crippen LogP contribution in [0.15, 0.2) is 24.3 Å². The summed E-state index contributed by atoms with van der Waals surface area (Å²) in [5.41, 5.74) is 1.25. The molecule has 0 spiro atoms. The smallest absolute Gasteiger partial charge is 0.119 e. The van der Waals surface area contributed by atoms with E-state index in [1.807, 2.05) is 19.2 Å². The van der Waals surface area contributed by atoms with E-state index in [2.05, 4.69) is 29.3 Å². The second-order valence-corrected chi connectivity index (χ2v) is 5.51. The molecule has 0 saturated carbocycles. The van der Waals surface area contributed by atoms with E-state index in [1.54, 1.807) is 0 Å². The molecule has 1 N–H and O–H groups in total. The van der Waals surface area contributed by atoms with Crippen molar-refractivity contribution < 1.29 is 4.74 Å². The van der Waals surface area contributed by atoms with E-state index >= 15 is 0 Å². The Morgan fingerprint density at radius 2 is 2.05 bits per heavy atom. The highest BCUT2D eigenvalue weighted by Crippen LogP contribution is 2.16. The van der Waals surface area contributed by atoms with Gasteiger partial charge in [0.2, 0.25) is 0 Å². The molecule has 0 atom stereocenters. The van der Waals surface area contributed by atoms with Crippen molar-refractivity contribution in [1.29, 1.82) is 0 Å². The van der Waals surface area contributed by atoms with Crippen molar-refractivity contribution in [2.75, 3.05) is 39.8 Å². The van der Waals surface area contributed by atoms with Crippen LogP contribution in [0.4, 0.5) is 0 Å². The molecule has 4 heteroatoms. The lowest BCUT2D eigenvalue weighted by atomic mass is 9.97. The minimum absolute atomic E-state index is 0. The van der Waals surface area contributed by atoms with Gasteiger partial charge in [0.1, 0.15) is 12.4 Å². The summed E-state index contributed by atoms with van der Waals surface area (Å²) in [4.78, 5) is 2.52. The monoisotopic (exact) mass is 298 g/mol. The van der Waals surface area contributed by atoms with Gasteiger partial charge < -0.3 is 10.1 Å². The largest absolute Gasteiger partial charge is 0.492 e. The fourth-order valence-corrected chi connectivity index (χ4v) is 2.70. The molecule has 0 aliphatic carbocycles. The zero-order valence-corrected chi connectivity index (χ0v) is 13.4. The number of benzene rings is 1. The Labute approximate surface area is 129 Å². The number of aryl methyl sites for hydroxylation is 1. The summed E-state index contributed by atoms with van der Waals surface area (Å²) in [5.74, 6) is 1.85. The predicted octanol–water partition coefficient (Wildman–Crippen LogP) is 2.73. The topological polar surface area (TPSA) is 24.5 Å². The van der Waals surface area contributed by atoms with Crippen LogP contribution in [0.25, 0.3) is 0 Å². The summed E-state index contributed by atoms with van der Waals surface area (Å²) in [7, 11) is 2.04. The minimum atomic E-state index is 0. The summed E-state index contributed by atoms with van der Waals surface area (Å²) in [5, 5.41) is 3.28. The summed E-state index contributed by atoms with van der Waals surface area (Å²) >= 11 is 0. The third-order valence-corrected chi connectivity index (χ3v) is 3.87. The summed E-state index contributed by atoms with van der Waals surface area (Å²) in [6.45, 7) is 7.51. The van der Waals surface area contributed by atoms with Crippen molar-refractivity contribution in [2.45, 2.75) is 19.8 Å². The van der Waals surface area contributed by atoms with Crippen LogP contribution in [0.5, 0.6) is 5.75 Å². The molecule has 114 valence electrons. The highest BCUT2D eigenvalue weighted by Gasteiger charge is 2.18. The number of likely N-dealkylation sites (tertiary alicyclic amines) is 1. The quantitative estimate of drug-likeness (QED) is 0.874. The van der Waals surface area contributed by atoms with Crippen LogP contribution in [-0.2, 0) is 0 Å². The second-order valence-electron chi connectivity index (χ2n) is 5.51. The third kappa shape index (κ3) is 5.70. The number of nitrogens with zero attached hydrogens (tertiary/aromatic N) is 1. The van der Waals surface area contributed by atoms with Gasteiger partial charge in [-0.1, -0.05) is 12.1 Å². The molecule has 1 fully saturated rings. The molecule has 0 amide bonds. The maximum Gasteiger partial charge on any atom is 0.119 e. The Morgan fingerprint density at radius 1 is 1.30 bits per heavy atom. The summed E-state index contributed by atoms with van der Waals surface area (Å²) in [6.07, 6.45) is 2.62. The van der Waals surface area contributed by atoms with Gasteiger partial charge in [-0.25, -0.2) is 0 Å². The van der Waals surface area contributed by atoms with Gasteiger partial charge in [0.25, 0.3) is 0 Å². The summed E-state index contributed by atoms with van der Waals surface area (Å²) < 4.78 is 5.81. The fraction of sp³-hybridized carbons (Fsp3) is 0.625. The van der Waals surface area contributed by atoms with Crippen molar-refractivity contribution in [3.63, 3.8) is 0 Å². The molecule has 1 heterocycles. The molecule has 20 heavy (non-hydrogen) atoms. The lowest BCUT2D eigenvalue weighted by molar-refractivity contribution is 0.155. The lowest BCUT2D eigenvalue weighted by Gasteiger charge is -2.31. The maximum absolute atomic E-state index is 5.81. The van der Waals surface area contributed by atoms with E-state index in [0.29, 0.717) is 0 Å².